The summed E-state index contributed by atoms with van der Waals surface area (Å²) >= 11 is 3.35. The minimum Gasteiger partial charge on any atom is -0.488 e. The summed E-state index contributed by atoms with van der Waals surface area (Å²) in [6, 6.07) is 5.34. The minimum atomic E-state index is -3.32. The maximum absolute atomic E-state index is 12.1. The molecule has 19 heavy (non-hydrogen) atoms. The number of fused-ring (bicyclic) bond motifs is 1. The van der Waals surface area contributed by atoms with Crippen LogP contribution in [0.4, 0.5) is 5.69 Å². The Morgan fingerprint density at radius 2 is 2.21 bits per heavy atom. The van der Waals surface area contributed by atoms with Crippen LogP contribution >= 0.6 is 15.9 Å². The fourth-order valence-electron chi connectivity index (χ4n) is 1.84. The predicted molar refractivity (Wildman–Crippen MR) is 76.3 cm³/mol. The Labute approximate surface area is 120 Å². The monoisotopic (exact) mass is 347 g/mol. The van der Waals surface area contributed by atoms with Gasteiger partial charge in [-0.1, -0.05) is 13.0 Å². The van der Waals surface area contributed by atoms with Crippen molar-refractivity contribution in [2.24, 2.45) is 0 Å². The van der Waals surface area contributed by atoms with E-state index in [1.54, 1.807) is 12.1 Å². The fourth-order valence-corrected chi connectivity index (χ4v) is 3.05. The second kappa shape index (κ2) is 5.50. The molecule has 1 aromatic carbocycles. The number of anilines is 1. The van der Waals surface area contributed by atoms with E-state index >= 15 is 0 Å². The van der Waals surface area contributed by atoms with Crippen LogP contribution in [-0.4, -0.2) is 39.0 Å². The number of nitrogens with zero attached hydrogens (tertiary/aromatic N) is 1. The summed E-state index contributed by atoms with van der Waals surface area (Å²) in [6.45, 7) is 2.25. The van der Waals surface area contributed by atoms with E-state index in [-0.39, 0.29) is 5.75 Å². The van der Waals surface area contributed by atoms with Crippen molar-refractivity contribution >= 4 is 37.4 Å². The number of carbonyl (C=O) groups excluding carboxylic acids is 1. The Bertz CT molecular complexity index is 600. The summed E-state index contributed by atoms with van der Waals surface area (Å²) in [6.07, 6.45) is 0. The van der Waals surface area contributed by atoms with Gasteiger partial charge in [-0.2, -0.15) is 0 Å². The summed E-state index contributed by atoms with van der Waals surface area (Å²) in [5, 5.41) is 0. The molecule has 0 unspecified atom stereocenters. The predicted octanol–water partition coefficient (Wildman–Crippen LogP) is 1.61. The number of rotatable bonds is 3. The zero-order chi connectivity index (χ0) is 14.0. The van der Waals surface area contributed by atoms with Gasteiger partial charge in [0.2, 0.25) is 5.91 Å². The highest BCUT2D eigenvalue weighted by atomic mass is 79.9. The van der Waals surface area contributed by atoms with Crippen molar-refractivity contribution in [3.63, 3.8) is 0 Å². The van der Waals surface area contributed by atoms with Gasteiger partial charge in [-0.3, -0.25) is 4.79 Å². The lowest BCUT2D eigenvalue weighted by Crippen LogP contribution is -2.41. The lowest BCUT2D eigenvalue weighted by atomic mass is 10.2. The van der Waals surface area contributed by atoms with Gasteiger partial charge in [-0.25, -0.2) is 8.42 Å². The topological polar surface area (TPSA) is 63.7 Å². The van der Waals surface area contributed by atoms with Gasteiger partial charge in [0.25, 0.3) is 0 Å². The Balaban J connectivity index is 2.29. The van der Waals surface area contributed by atoms with Gasteiger partial charge >= 0.3 is 0 Å². The third kappa shape index (κ3) is 3.09. The molecule has 0 aromatic heterocycles. The van der Waals surface area contributed by atoms with Gasteiger partial charge in [0.1, 0.15) is 12.4 Å². The molecule has 1 aliphatic heterocycles. The van der Waals surface area contributed by atoms with E-state index < -0.39 is 21.5 Å². The molecule has 1 heterocycles. The number of amides is 1. The summed E-state index contributed by atoms with van der Waals surface area (Å²) in [4.78, 5) is 13.6. The van der Waals surface area contributed by atoms with Gasteiger partial charge in [0, 0.05) is 5.75 Å². The number of halogens is 1. The van der Waals surface area contributed by atoms with Crippen molar-refractivity contribution in [2.45, 2.75) is 6.92 Å². The second-order valence-electron chi connectivity index (χ2n) is 4.16. The van der Waals surface area contributed by atoms with Crippen LogP contribution in [0.3, 0.4) is 0 Å². The van der Waals surface area contributed by atoms with Gasteiger partial charge in [0.05, 0.1) is 16.7 Å². The van der Waals surface area contributed by atoms with Crippen LogP contribution < -0.4 is 9.64 Å². The van der Waals surface area contributed by atoms with E-state index in [2.05, 4.69) is 15.9 Å². The number of benzene rings is 1. The standard InChI is InChI=1S/C12H14BrNO4S/c1-2-19(16,17)8-11(15)14-6-7-18-12-9(13)4-3-5-10(12)14/h3-5H,2,6-8H2,1H3. The molecule has 0 saturated carbocycles. The van der Waals surface area contributed by atoms with Crippen molar-refractivity contribution in [3.05, 3.63) is 22.7 Å². The van der Waals surface area contributed by atoms with E-state index in [4.69, 9.17) is 4.74 Å². The van der Waals surface area contributed by atoms with Crippen molar-refractivity contribution < 1.29 is 17.9 Å². The molecule has 0 fully saturated rings. The van der Waals surface area contributed by atoms with Crippen LogP contribution in [-0.2, 0) is 14.6 Å². The van der Waals surface area contributed by atoms with Gasteiger partial charge in [-0.05, 0) is 28.1 Å². The molecule has 0 saturated heterocycles. The first-order valence-corrected chi connectivity index (χ1v) is 8.48. The molecule has 0 bridgehead atoms. The Morgan fingerprint density at radius 1 is 1.47 bits per heavy atom. The molecule has 0 atom stereocenters. The molecule has 104 valence electrons. The number of sulfone groups is 1. The van der Waals surface area contributed by atoms with Crippen LogP contribution in [0.15, 0.2) is 22.7 Å². The molecule has 0 N–H and O–H groups in total. The Morgan fingerprint density at radius 3 is 2.89 bits per heavy atom. The highest BCUT2D eigenvalue weighted by Crippen LogP contribution is 2.38. The zero-order valence-corrected chi connectivity index (χ0v) is 12.8. The van der Waals surface area contributed by atoms with E-state index in [0.29, 0.717) is 24.6 Å². The molecular weight excluding hydrogens is 334 g/mol. The van der Waals surface area contributed by atoms with Crippen LogP contribution in [0, 0.1) is 0 Å². The smallest absolute Gasteiger partial charge is 0.242 e. The number of ether oxygens (including phenoxy) is 1. The summed E-state index contributed by atoms with van der Waals surface area (Å²) in [5.41, 5.74) is 0.608. The van der Waals surface area contributed by atoms with Crippen molar-refractivity contribution in [1.29, 1.82) is 0 Å². The molecule has 7 heteroatoms. The molecule has 1 aliphatic rings. The van der Waals surface area contributed by atoms with Crippen molar-refractivity contribution in [1.82, 2.24) is 0 Å². The average Bonchev–Trinajstić information content (AvgIpc) is 2.38. The van der Waals surface area contributed by atoms with E-state index in [0.717, 1.165) is 4.47 Å². The molecule has 0 radical (unpaired) electrons. The summed E-state index contributed by atoms with van der Waals surface area (Å²) in [7, 11) is -3.32. The van der Waals surface area contributed by atoms with Gasteiger partial charge in [-0.15, -0.1) is 0 Å². The lowest BCUT2D eigenvalue weighted by molar-refractivity contribution is -0.116. The number of carbonyl (C=O) groups is 1. The summed E-state index contributed by atoms with van der Waals surface area (Å²) < 4.78 is 29.3. The number of hydrogen-bond donors (Lipinski definition) is 0. The van der Waals surface area contributed by atoms with Gasteiger partial charge < -0.3 is 9.64 Å². The first kappa shape index (κ1) is 14.3. The molecular formula is C12H14BrNO4S. The third-order valence-electron chi connectivity index (χ3n) is 2.88. The molecule has 5 nitrogen and oxygen atoms in total. The third-order valence-corrected chi connectivity index (χ3v) is 5.07. The Hall–Kier alpha value is -1.08. The van der Waals surface area contributed by atoms with E-state index in [1.807, 2.05) is 6.07 Å². The molecule has 0 aliphatic carbocycles. The van der Waals surface area contributed by atoms with Crippen molar-refractivity contribution in [3.8, 4) is 5.75 Å². The SMILES string of the molecule is CCS(=O)(=O)CC(=O)N1CCOc2c(Br)cccc21. The van der Waals surface area contributed by atoms with Crippen LogP contribution in [0.25, 0.3) is 0 Å². The fraction of sp³-hybridized carbons (Fsp3) is 0.417. The highest BCUT2D eigenvalue weighted by molar-refractivity contribution is 9.10. The molecule has 2 rings (SSSR count). The minimum absolute atomic E-state index is 0.0333. The number of hydrogen-bond acceptors (Lipinski definition) is 4. The van der Waals surface area contributed by atoms with Gasteiger partial charge in [0.15, 0.2) is 15.6 Å². The first-order chi connectivity index (χ1) is 8.94. The van der Waals surface area contributed by atoms with E-state index in [1.165, 1.54) is 11.8 Å². The zero-order valence-electron chi connectivity index (χ0n) is 10.4. The quantitative estimate of drug-likeness (QED) is 0.833. The van der Waals surface area contributed by atoms with E-state index in [9.17, 15) is 13.2 Å². The molecule has 1 amide bonds. The second-order valence-corrected chi connectivity index (χ2v) is 7.37. The van der Waals surface area contributed by atoms with Crippen LogP contribution in [0.1, 0.15) is 6.92 Å². The van der Waals surface area contributed by atoms with Crippen molar-refractivity contribution in [2.75, 3.05) is 29.6 Å². The first-order valence-electron chi connectivity index (χ1n) is 5.86. The molecule has 0 spiro atoms. The van der Waals surface area contributed by atoms with Crippen LogP contribution in [0.2, 0.25) is 0 Å². The normalized spacial score (nSPS) is 14.7. The van der Waals surface area contributed by atoms with Crippen LogP contribution in [0.5, 0.6) is 5.75 Å². The Kier molecular flexibility index (Phi) is 4.15. The number of para-hydroxylation sites is 1. The largest absolute Gasteiger partial charge is 0.488 e. The molecule has 1 aromatic rings. The maximum Gasteiger partial charge on any atom is 0.242 e. The average molecular weight is 348 g/mol. The highest BCUT2D eigenvalue weighted by Gasteiger charge is 2.27. The maximum atomic E-state index is 12.1. The lowest BCUT2D eigenvalue weighted by Gasteiger charge is -2.30. The summed E-state index contributed by atoms with van der Waals surface area (Å²) in [5.74, 6) is -0.329.